The largest absolute Gasteiger partial charge is 0.476 e. The van der Waals surface area contributed by atoms with E-state index in [2.05, 4.69) is 50.8 Å². The lowest BCUT2D eigenvalue weighted by atomic mass is 9.49. The number of aryl methyl sites for hydroxylation is 6. The number of carboxylic acid groups (broad SMARTS) is 10. The zero-order valence-electron chi connectivity index (χ0n) is 83.8. The van der Waals surface area contributed by atoms with Crippen LogP contribution in [0.4, 0.5) is 0 Å². The third-order valence-electron chi connectivity index (χ3n) is 27.5. The molecule has 0 amide bonds. The van der Waals surface area contributed by atoms with Crippen molar-refractivity contribution in [1.29, 1.82) is 0 Å². The van der Waals surface area contributed by atoms with Gasteiger partial charge < -0.3 is 51.1 Å². The molecule has 9 saturated carbocycles. The lowest BCUT2D eigenvalue weighted by Gasteiger charge is -2.56. The molecule has 10 heterocycles. The van der Waals surface area contributed by atoms with E-state index in [0.717, 1.165) is 104 Å². The van der Waals surface area contributed by atoms with Gasteiger partial charge in [-0.05, 0) is 292 Å². The first-order valence-electron chi connectivity index (χ1n) is 48.9. The van der Waals surface area contributed by atoms with Crippen LogP contribution in [0.25, 0.3) is 11.4 Å². The van der Waals surface area contributed by atoms with Crippen LogP contribution >= 0.6 is 22.7 Å². The zero-order chi connectivity index (χ0) is 107. The predicted octanol–water partition coefficient (Wildman–Crippen LogP) is 19.8. The van der Waals surface area contributed by atoms with Gasteiger partial charge in [0.05, 0.1) is 40.5 Å². The molecule has 24 rings (SSSR count). The molecule has 780 valence electrons. The summed E-state index contributed by atoms with van der Waals surface area (Å²) in [5.41, 5.74) is 11.6. The van der Waals surface area contributed by atoms with Crippen LogP contribution < -0.4 is 0 Å². The summed E-state index contributed by atoms with van der Waals surface area (Å²) in [5, 5.41) is 124. The fraction of sp³-hybridized carbons (Fsp3) is 0.358. The Labute approximate surface area is 866 Å². The van der Waals surface area contributed by atoms with Gasteiger partial charge in [0.2, 0.25) is 5.01 Å². The molecule has 149 heavy (non-hydrogen) atoms. The van der Waals surface area contributed by atoms with E-state index in [1.807, 2.05) is 191 Å². The Hall–Kier alpha value is -16.3. The highest BCUT2D eigenvalue weighted by atomic mass is 32.1. The number of carbonyl (C=O) groups is 10. The van der Waals surface area contributed by atoms with E-state index in [1.54, 1.807) is 98.0 Å². The second-order valence-corrected chi connectivity index (χ2v) is 41.1. The van der Waals surface area contributed by atoms with Crippen LogP contribution in [0.15, 0.2) is 236 Å². The molecule has 10 N–H and O–H groups in total. The van der Waals surface area contributed by atoms with Gasteiger partial charge in [0, 0.05) is 79.1 Å². The van der Waals surface area contributed by atoms with Crippen LogP contribution in [0.1, 0.15) is 277 Å². The van der Waals surface area contributed by atoms with Crippen molar-refractivity contribution >= 4 is 82.4 Å². The molecule has 15 aromatic rings. The van der Waals surface area contributed by atoms with Gasteiger partial charge in [-0.2, -0.15) is 40.8 Å². The highest BCUT2D eigenvalue weighted by Crippen LogP contribution is 2.61. The minimum Gasteiger partial charge on any atom is -0.476 e. The normalized spacial score (nSPS) is 18.6. The highest BCUT2D eigenvalue weighted by molar-refractivity contribution is 7.11. The molecule has 5 aromatic carbocycles. The number of nitrogens with zero attached hydrogens (tertiary/aromatic N) is 18. The number of para-hydroxylation sites is 2. The minimum atomic E-state index is -1.01. The fourth-order valence-electron chi connectivity index (χ4n) is 21.3. The van der Waals surface area contributed by atoms with Gasteiger partial charge in [-0.25, -0.2) is 67.3 Å². The van der Waals surface area contributed by atoms with Crippen molar-refractivity contribution in [2.45, 2.75) is 202 Å². The summed E-state index contributed by atoms with van der Waals surface area (Å²) >= 11 is 2.49. The Morgan fingerprint density at radius 2 is 0.738 bits per heavy atom. The van der Waals surface area contributed by atoms with Gasteiger partial charge in [0.1, 0.15) is 0 Å². The second kappa shape index (κ2) is 50.2. The summed E-state index contributed by atoms with van der Waals surface area (Å²) in [6.07, 6.45) is 36.4. The van der Waals surface area contributed by atoms with E-state index in [0.29, 0.717) is 24.4 Å². The summed E-state index contributed by atoms with van der Waals surface area (Å²) in [6, 6.07) is 53.3. The lowest BCUT2D eigenvalue weighted by molar-refractivity contribution is -0.0636. The Morgan fingerprint density at radius 1 is 0.349 bits per heavy atom. The molecule has 9 aliphatic carbocycles. The van der Waals surface area contributed by atoms with Crippen LogP contribution in [0.5, 0.6) is 0 Å². The lowest BCUT2D eigenvalue weighted by Crippen LogP contribution is -2.52. The first kappa shape index (κ1) is 110. The average molecular weight is 2070 g/mol. The van der Waals surface area contributed by atoms with Crippen molar-refractivity contribution in [2.24, 2.45) is 46.8 Å². The van der Waals surface area contributed by atoms with Crippen molar-refractivity contribution in [3.05, 3.63) is 342 Å². The van der Waals surface area contributed by atoms with Crippen LogP contribution in [-0.2, 0) is 37.3 Å². The molecule has 0 radical (unpaired) electrons. The van der Waals surface area contributed by atoms with Crippen molar-refractivity contribution in [2.75, 3.05) is 0 Å². The minimum absolute atomic E-state index is 0.0499. The van der Waals surface area contributed by atoms with E-state index in [9.17, 15) is 47.9 Å². The summed E-state index contributed by atoms with van der Waals surface area (Å²) in [7, 11) is 0. The highest BCUT2D eigenvalue weighted by Gasteiger charge is 2.53. The Bertz CT molecular complexity index is 6950. The monoisotopic (exact) mass is 2070 g/mol. The van der Waals surface area contributed by atoms with Crippen LogP contribution in [0.2, 0.25) is 0 Å². The molecule has 38 nitrogen and oxygen atoms in total. The first-order valence-corrected chi connectivity index (χ1v) is 50.7. The predicted molar refractivity (Wildman–Crippen MR) is 552 cm³/mol. The summed E-state index contributed by atoms with van der Waals surface area (Å²) in [5.74, 6) is -3.68. The van der Waals surface area contributed by atoms with E-state index < -0.39 is 59.7 Å². The van der Waals surface area contributed by atoms with Crippen LogP contribution in [0, 0.1) is 88.4 Å². The Kier molecular flexibility index (Phi) is 37.1. The van der Waals surface area contributed by atoms with Crippen molar-refractivity contribution < 1.29 is 99.0 Å². The number of hydrogen-bond donors (Lipinski definition) is 10. The molecule has 0 aliphatic heterocycles. The van der Waals surface area contributed by atoms with Crippen molar-refractivity contribution in [3.63, 3.8) is 0 Å². The molecule has 0 atom stereocenters. The number of aromatic carboxylic acids is 10. The molecule has 0 spiro atoms. The van der Waals surface area contributed by atoms with Crippen molar-refractivity contribution in [3.8, 4) is 11.4 Å². The second-order valence-electron chi connectivity index (χ2n) is 39.2. The molecule has 9 aliphatic rings. The summed E-state index contributed by atoms with van der Waals surface area (Å²) < 4.78 is 13.7. The topological polar surface area (TPSA) is 541 Å². The average Bonchev–Trinajstić information content (AvgIpc) is 1.73. The van der Waals surface area contributed by atoms with Gasteiger partial charge >= 0.3 is 59.7 Å². The molecular formula is C109H122N18O20S2. The first-order chi connectivity index (χ1) is 71.1. The molecule has 10 aromatic heterocycles. The van der Waals surface area contributed by atoms with E-state index in [-0.39, 0.29) is 67.3 Å². The van der Waals surface area contributed by atoms with Gasteiger partial charge in [0.15, 0.2) is 51.2 Å². The van der Waals surface area contributed by atoms with E-state index in [4.69, 9.17) is 51.1 Å². The molecule has 8 bridgehead atoms. The number of thiazole rings is 2. The van der Waals surface area contributed by atoms with Gasteiger partial charge in [0.25, 0.3) is 0 Å². The maximum absolute atomic E-state index is 11.0. The van der Waals surface area contributed by atoms with E-state index in [1.165, 1.54) is 178 Å². The maximum atomic E-state index is 11.0. The van der Waals surface area contributed by atoms with Crippen molar-refractivity contribution in [1.82, 2.24) is 88.2 Å². The molecule has 40 heteroatoms. The third-order valence-corrected chi connectivity index (χ3v) is 29.3. The third kappa shape index (κ3) is 30.3. The molecule has 9 fully saturated rings. The number of aromatic nitrogens is 18. The van der Waals surface area contributed by atoms with E-state index >= 15 is 0 Å². The van der Waals surface area contributed by atoms with Crippen LogP contribution in [-0.4, -0.2) is 199 Å². The molecule has 0 saturated heterocycles. The maximum Gasteiger partial charge on any atom is 0.365 e. The Balaban J connectivity index is 0.000000139. The summed E-state index contributed by atoms with van der Waals surface area (Å²) in [4.78, 5) is 114. The van der Waals surface area contributed by atoms with Gasteiger partial charge in [-0.3, -0.25) is 28.1 Å². The number of hydrogen-bond acceptors (Lipinski definition) is 22. The van der Waals surface area contributed by atoms with Gasteiger partial charge in [-0.1, -0.05) is 135 Å². The molecular weight excluding hydrogens is 1950 g/mol. The quantitative estimate of drug-likeness (QED) is 0.0284. The Morgan fingerprint density at radius 3 is 1.16 bits per heavy atom. The smallest absolute Gasteiger partial charge is 0.365 e. The zero-order valence-corrected chi connectivity index (χ0v) is 85.5. The fourth-order valence-corrected chi connectivity index (χ4v) is 22.6. The number of rotatable bonds is 23. The van der Waals surface area contributed by atoms with Crippen LogP contribution in [0.3, 0.4) is 0 Å². The standard InChI is InChI=1S/C15H20N2O2.C14H18N2O2.2C13H14N2O2.C12H12N2O2.C11H16N2O2.C11H10N2O2.C10H8N2O2.2C5H5NO2S/c18-14(19)13-1-2-17(16-13)9-15-6-10-3-11(7-15)5-12(4-10)8-15;17-13(18)12-1-2-16(15-12)14-6-9-3-10(7-14)5-11(4-9)8-14;1-9-4-3-5-10(2)11(9)8-15-7-6-12(14-15)13(16)17;1-13(2,10-6-4-3-5-7-10)15-9-8-11(14-15)12(16)17;1-8-4-3-5-9(2)11(8)14-7-6-10(13-14)12(15)16;2*14-11(15)10-6-7-13(12-10)8-9-4-2-1-3-5-9;13-10(14)9-6-7-12(11-9)8-4-2-1-3-5-8;1-3-6-4(2-9-3)5(7)8;1-3-2-9-4(6-3)5(7)8/h1-2,10-12H,3-9H2,(H,18,19);1-2,9-11H,3-8H2,(H,17,18);3-7H,8H2,1-2H3,(H,16,17);3-9H,1-2H3,(H,16,17);3-7H,1-2H3,(H,15,16);6-7,9H,1-5,8H2,(H,14,15);1-7H,8H2,(H,14,15);1-7H,(H,13,14);2*2H,1H3,(H,7,8). The number of benzene rings is 5. The van der Waals surface area contributed by atoms with Gasteiger partial charge in [-0.15, -0.1) is 22.7 Å². The molecule has 0 unspecified atom stereocenters. The number of carboxylic acids is 10. The summed E-state index contributed by atoms with van der Waals surface area (Å²) in [6.45, 7) is 18.6. The SMILES string of the molecule is CC(C)(c1ccccc1)n1ccc(C(=O)O)n1.Cc1cccc(C)c1-n1ccc(C(=O)O)n1.Cc1cccc(C)c1Cn1ccc(C(=O)O)n1.Cc1csc(C(=O)O)n1.Cc1nc(C(=O)O)cs1.O=C(O)c1ccn(-c2ccccc2)n1.O=C(O)c1ccn(C23CC4CC(CC(C4)C2)C3)n1.O=C(O)c1ccn(CC23CC4CC(CC(C4)C2)C3)n1.O=C(O)c1ccn(CC2CCCCC2)n1.O=C(O)c1ccn(Cc2ccccc2)n1.